The Balaban J connectivity index is 2.50. The van der Waals surface area contributed by atoms with E-state index < -0.39 is 29.7 Å². The maximum Gasteiger partial charge on any atom is 0.420 e. The van der Waals surface area contributed by atoms with Crippen LogP contribution in [0.1, 0.15) is 17.7 Å². The smallest absolute Gasteiger partial charge is 0.237 e. The predicted molar refractivity (Wildman–Crippen MR) is 51.3 cm³/mol. The topological polar surface area (TPSA) is 30.7 Å². The minimum absolute atomic E-state index is 0.531. The SMILES string of the molecule is FC(F)c1ccn(-c2ncccc2C(F)(F)F)n1. The number of alkyl halides is 5. The van der Waals surface area contributed by atoms with Gasteiger partial charge < -0.3 is 0 Å². The molecule has 0 radical (unpaired) electrons. The highest BCUT2D eigenvalue weighted by molar-refractivity contribution is 5.35. The van der Waals surface area contributed by atoms with E-state index in [4.69, 9.17) is 0 Å². The summed E-state index contributed by atoms with van der Waals surface area (Å²) in [5, 5.41) is 3.36. The van der Waals surface area contributed by atoms with Gasteiger partial charge in [0.15, 0.2) is 5.82 Å². The second kappa shape index (κ2) is 4.35. The molecule has 2 aromatic heterocycles. The Morgan fingerprint density at radius 2 is 1.89 bits per heavy atom. The zero-order valence-electron chi connectivity index (χ0n) is 8.70. The molecule has 0 aromatic carbocycles. The average molecular weight is 263 g/mol. The van der Waals surface area contributed by atoms with Crippen LogP contribution >= 0.6 is 0 Å². The Bertz CT molecular complexity index is 546. The van der Waals surface area contributed by atoms with E-state index in [0.29, 0.717) is 4.68 Å². The van der Waals surface area contributed by atoms with Crippen LogP contribution in [-0.2, 0) is 6.18 Å². The van der Waals surface area contributed by atoms with Crippen molar-refractivity contribution in [3.8, 4) is 5.82 Å². The Labute approximate surface area is 97.9 Å². The lowest BCUT2D eigenvalue weighted by Gasteiger charge is -2.10. The van der Waals surface area contributed by atoms with E-state index in [1.54, 1.807) is 0 Å². The molecule has 3 nitrogen and oxygen atoms in total. The maximum atomic E-state index is 12.7. The molecule has 8 heteroatoms. The van der Waals surface area contributed by atoms with E-state index >= 15 is 0 Å². The van der Waals surface area contributed by atoms with E-state index in [1.807, 2.05) is 0 Å². The summed E-state index contributed by atoms with van der Waals surface area (Å²) in [5.74, 6) is -0.531. The summed E-state index contributed by atoms with van der Waals surface area (Å²) in [4.78, 5) is 3.52. The van der Waals surface area contributed by atoms with Gasteiger partial charge in [0.25, 0.3) is 6.43 Å². The lowest BCUT2D eigenvalue weighted by Crippen LogP contribution is -2.12. The van der Waals surface area contributed by atoms with Crippen LogP contribution in [0.5, 0.6) is 0 Å². The molecule has 2 rings (SSSR count). The van der Waals surface area contributed by atoms with Crippen LogP contribution in [0, 0.1) is 0 Å². The summed E-state index contributed by atoms with van der Waals surface area (Å²) in [6.45, 7) is 0. The van der Waals surface area contributed by atoms with Gasteiger partial charge in [0.05, 0.1) is 0 Å². The zero-order valence-corrected chi connectivity index (χ0v) is 8.70. The van der Waals surface area contributed by atoms with Crippen LogP contribution in [0.3, 0.4) is 0 Å². The first-order valence-corrected chi connectivity index (χ1v) is 4.76. The predicted octanol–water partition coefficient (Wildman–Crippen LogP) is 3.22. The Hall–Kier alpha value is -1.99. The van der Waals surface area contributed by atoms with E-state index in [9.17, 15) is 22.0 Å². The van der Waals surface area contributed by atoms with Gasteiger partial charge in [0.1, 0.15) is 11.3 Å². The minimum Gasteiger partial charge on any atom is -0.237 e. The minimum atomic E-state index is -4.62. The summed E-state index contributed by atoms with van der Waals surface area (Å²) in [6, 6.07) is 2.87. The molecule has 18 heavy (non-hydrogen) atoms. The molecule has 0 atom stereocenters. The highest BCUT2D eigenvalue weighted by Crippen LogP contribution is 2.32. The van der Waals surface area contributed by atoms with Crippen molar-refractivity contribution in [1.29, 1.82) is 0 Å². The average Bonchev–Trinajstić information content (AvgIpc) is 2.77. The van der Waals surface area contributed by atoms with Crippen molar-refractivity contribution in [3.63, 3.8) is 0 Å². The summed E-state index contributed by atoms with van der Waals surface area (Å²) < 4.78 is 63.3. The molecular formula is C10H6F5N3. The largest absolute Gasteiger partial charge is 0.420 e. The first kappa shape index (κ1) is 12.5. The maximum absolute atomic E-state index is 12.7. The van der Waals surface area contributed by atoms with Gasteiger partial charge in [-0.25, -0.2) is 18.4 Å². The van der Waals surface area contributed by atoms with Crippen molar-refractivity contribution >= 4 is 0 Å². The summed E-state index contributed by atoms with van der Waals surface area (Å²) in [6.07, 6.45) is -5.32. The van der Waals surface area contributed by atoms with Gasteiger partial charge in [-0.3, -0.25) is 0 Å². The Kier molecular flexibility index (Phi) is 3.02. The van der Waals surface area contributed by atoms with Gasteiger partial charge in [-0.05, 0) is 18.2 Å². The second-order valence-corrected chi connectivity index (χ2v) is 3.36. The first-order chi connectivity index (χ1) is 8.39. The van der Waals surface area contributed by atoms with Crippen LogP contribution in [-0.4, -0.2) is 14.8 Å². The molecule has 96 valence electrons. The highest BCUT2D eigenvalue weighted by Gasteiger charge is 2.35. The fraction of sp³-hybridized carbons (Fsp3) is 0.200. The summed E-state index contributed by atoms with van der Waals surface area (Å²) >= 11 is 0. The number of pyridine rings is 1. The van der Waals surface area contributed by atoms with Crippen molar-refractivity contribution < 1.29 is 22.0 Å². The molecule has 0 aliphatic heterocycles. The van der Waals surface area contributed by atoms with Crippen LogP contribution in [0.4, 0.5) is 22.0 Å². The molecular weight excluding hydrogens is 257 g/mol. The van der Waals surface area contributed by atoms with Crippen molar-refractivity contribution in [2.24, 2.45) is 0 Å². The molecule has 2 heterocycles. The zero-order chi connectivity index (χ0) is 13.3. The number of rotatable bonds is 2. The number of hydrogen-bond donors (Lipinski definition) is 0. The van der Waals surface area contributed by atoms with Gasteiger partial charge in [-0.1, -0.05) is 0 Å². The quantitative estimate of drug-likeness (QED) is 0.779. The van der Waals surface area contributed by atoms with Gasteiger partial charge in [0.2, 0.25) is 0 Å². The lowest BCUT2D eigenvalue weighted by atomic mass is 10.2. The third-order valence-corrected chi connectivity index (χ3v) is 2.14. The molecule has 0 amide bonds. The normalized spacial score (nSPS) is 12.1. The van der Waals surface area contributed by atoms with Gasteiger partial charge in [0, 0.05) is 12.4 Å². The van der Waals surface area contributed by atoms with Crippen molar-refractivity contribution in [2.75, 3.05) is 0 Å². The Morgan fingerprint density at radius 3 is 2.44 bits per heavy atom. The van der Waals surface area contributed by atoms with Crippen molar-refractivity contribution in [3.05, 3.63) is 41.9 Å². The molecule has 0 aliphatic rings. The molecule has 0 unspecified atom stereocenters. The Morgan fingerprint density at radius 1 is 1.17 bits per heavy atom. The number of hydrogen-bond acceptors (Lipinski definition) is 2. The van der Waals surface area contributed by atoms with E-state index in [0.717, 1.165) is 30.6 Å². The molecule has 0 aliphatic carbocycles. The first-order valence-electron chi connectivity index (χ1n) is 4.76. The third kappa shape index (κ3) is 2.31. The molecule has 0 bridgehead atoms. The van der Waals surface area contributed by atoms with E-state index in [1.165, 1.54) is 0 Å². The standard InChI is InChI=1S/C10H6F5N3/c11-8(12)7-3-5-18(17-7)9-6(10(13,14)15)2-1-4-16-9/h1-5,8H. The second-order valence-electron chi connectivity index (χ2n) is 3.36. The summed E-state index contributed by atoms with van der Waals surface area (Å²) in [5.41, 5.74) is -1.64. The molecule has 0 saturated heterocycles. The number of nitrogens with zero attached hydrogens (tertiary/aromatic N) is 3. The molecule has 2 aromatic rings. The third-order valence-electron chi connectivity index (χ3n) is 2.14. The summed E-state index contributed by atoms with van der Waals surface area (Å²) in [7, 11) is 0. The van der Waals surface area contributed by atoms with Crippen LogP contribution in [0.2, 0.25) is 0 Å². The highest BCUT2D eigenvalue weighted by atomic mass is 19.4. The van der Waals surface area contributed by atoms with Crippen LogP contribution in [0.15, 0.2) is 30.6 Å². The fourth-order valence-corrected chi connectivity index (χ4v) is 1.37. The molecule has 0 fully saturated rings. The molecule has 0 spiro atoms. The van der Waals surface area contributed by atoms with Gasteiger partial charge in [-0.2, -0.15) is 18.3 Å². The lowest BCUT2D eigenvalue weighted by molar-refractivity contribution is -0.137. The molecule has 0 N–H and O–H groups in total. The van der Waals surface area contributed by atoms with Crippen molar-refractivity contribution in [1.82, 2.24) is 14.8 Å². The number of halogens is 5. The van der Waals surface area contributed by atoms with E-state index in [2.05, 4.69) is 10.1 Å². The van der Waals surface area contributed by atoms with Crippen LogP contribution in [0.25, 0.3) is 5.82 Å². The van der Waals surface area contributed by atoms with Crippen LogP contribution < -0.4 is 0 Å². The molecule has 0 saturated carbocycles. The number of aromatic nitrogens is 3. The fourth-order valence-electron chi connectivity index (χ4n) is 1.37. The van der Waals surface area contributed by atoms with Gasteiger partial charge >= 0.3 is 6.18 Å². The van der Waals surface area contributed by atoms with Crippen molar-refractivity contribution in [2.45, 2.75) is 12.6 Å². The van der Waals surface area contributed by atoms with E-state index in [-0.39, 0.29) is 0 Å². The monoisotopic (exact) mass is 263 g/mol. The van der Waals surface area contributed by atoms with Gasteiger partial charge in [-0.15, -0.1) is 0 Å².